The first-order valence-electron chi connectivity index (χ1n) is 14.4. The number of hydrogen-bond acceptors (Lipinski definition) is 8. The summed E-state index contributed by atoms with van der Waals surface area (Å²) in [5.41, 5.74) is 0.734. The van der Waals surface area contributed by atoms with Gasteiger partial charge in [-0.05, 0) is 64.5 Å². The summed E-state index contributed by atoms with van der Waals surface area (Å²) in [6.45, 7) is 10.3. The Morgan fingerprint density at radius 1 is 1.12 bits per heavy atom. The Labute approximate surface area is 247 Å². The largest absolute Gasteiger partial charge is 0.494 e. The maximum atomic E-state index is 14.3. The van der Waals surface area contributed by atoms with E-state index in [1.165, 1.54) is 4.90 Å². The number of ether oxygens (including phenoxy) is 3. The number of piperidine rings is 1. The second-order valence-electron chi connectivity index (χ2n) is 12.1. The number of methoxy groups -OCH3 is 2. The molecule has 0 unspecified atom stereocenters. The molecular formula is C30H45N5O7. The van der Waals surface area contributed by atoms with Gasteiger partial charge in [-0.25, -0.2) is 9.48 Å². The lowest BCUT2D eigenvalue weighted by Gasteiger charge is -2.42. The molecule has 2 amide bonds. The molecule has 2 aromatic rings. The fourth-order valence-electron chi connectivity index (χ4n) is 5.11. The number of para-hydroxylation sites is 2. The molecule has 0 bridgehead atoms. The highest BCUT2D eigenvalue weighted by atomic mass is 16.6. The Hall–Kier alpha value is -3.67. The lowest BCUT2D eigenvalue weighted by molar-refractivity contribution is -0.144. The number of unbranched alkanes of at least 4 members (excludes halogenated alkanes) is 1. The average molecular weight is 588 g/mol. The SMILES string of the molecule is COCCCCc1c(C(=O)N(CC(C)C)[C@H]2C[C@@H](C(=O)O)CN(C(=O)OC(C)(C)C)C2)nnn1-c1ccccc1OC. The van der Waals surface area contributed by atoms with E-state index in [1.807, 2.05) is 38.1 Å². The minimum atomic E-state index is -1.02. The Morgan fingerprint density at radius 3 is 2.45 bits per heavy atom. The molecule has 42 heavy (non-hydrogen) atoms. The van der Waals surface area contributed by atoms with Gasteiger partial charge in [-0.2, -0.15) is 0 Å². The number of benzene rings is 1. The van der Waals surface area contributed by atoms with Crippen LogP contribution in [-0.2, 0) is 20.7 Å². The van der Waals surface area contributed by atoms with E-state index in [9.17, 15) is 19.5 Å². The molecule has 12 heteroatoms. The van der Waals surface area contributed by atoms with Crippen LogP contribution in [0.4, 0.5) is 4.79 Å². The van der Waals surface area contributed by atoms with Gasteiger partial charge in [-0.15, -0.1) is 5.10 Å². The fourth-order valence-corrected chi connectivity index (χ4v) is 5.11. The van der Waals surface area contributed by atoms with Crippen LogP contribution in [0.3, 0.4) is 0 Å². The van der Waals surface area contributed by atoms with E-state index in [4.69, 9.17) is 14.2 Å². The highest BCUT2D eigenvalue weighted by Crippen LogP contribution is 2.28. The molecule has 1 aromatic heterocycles. The zero-order valence-electron chi connectivity index (χ0n) is 25.8. The van der Waals surface area contributed by atoms with Crippen molar-refractivity contribution in [2.75, 3.05) is 40.5 Å². The second-order valence-corrected chi connectivity index (χ2v) is 12.1. The van der Waals surface area contributed by atoms with E-state index in [2.05, 4.69) is 10.3 Å². The summed E-state index contributed by atoms with van der Waals surface area (Å²) in [5, 5.41) is 18.7. The summed E-state index contributed by atoms with van der Waals surface area (Å²) in [7, 11) is 3.22. The Kier molecular flexibility index (Phi) is 11.3. The van der Waals surface area contributed by atoms with Gasteiger partial charge in [0.25, 0.3) is 5.91 Å². The third kappa shape index (κ3) is 8.43. The van der Waals surface area contributed by atoms with Gasteiger partial charge in [0.2, 0.25) is 0 Å². The Bertz CT molecular complexity index is 1220. The molecule has 0 saturated carbocycles. The summed E-state index contributed by atoms with van der Waals surface area (Å²) < 4.78 is 18.0. The van der Waals surface area contributed by atoms with E-state index >= 15 is 0 Å². The molecule has 1 fully saturated rings. The highest BCUT2D eigenvalue weighted by molar-refractivity contribution is 5.94. The molecule has 0 spiro atoms. The zero-order valence-corrected chi connectivity index (χ0v) is 25.8. The molecular weight excluding hydrogens is 542 g/mol. The van der Waals surface area contributed by atoms with Gasteiger partial charge >= 0.3 is 12.1 Å². The first-order valence-corrected chi connectivity index (χ1v) is 14.4. The minimum absolute atomic E-state index is 0.0131. The topological polar surface area (TPSA) is 136 Å². The van der Waals surface area contributed by atoms with E-state index in [0.717, 1.165) is 12.8 Å². The minimum Gasteiger partial charge on any atom is -0.494 e. The van der Waals surface area contributed by atoms with Gasteiger partial charge < -0.3 is 29.1 Å². The average Bonchev–Trinajstić information content (AvgIpc) is 3.35. The van der Waals surface area contributed by atoms with Crippen molar-refractivity contribution < 1.29 is 33.7 Å². The fraction of sp³-hybridized carbons (Fsp3) is 0.633. The molecule has 2 atom stereocenters. The number of rotatable bonds is 12. The van der Waals surface area contributed by atoms with Gasteiger partial charge in [0.15, 0.2) is 5.69 Å². The number of likely N-dealkylation sites (tertiary alicyclic amines) is 1. The van der Waals surface area contributed by atoms with Gasteiger partial charge in [-0.1, -0.05) is 31.2 Å². The summed E-state index contributed by atoms with van der Waals surface area (Å²) in [6.07, 6.45) is 1.63. The molecule has 3 rings (SSSR count). The van der Waals surface area contributed by atoms with Crippen molar-refractivity contribution in [3.8, 4) is 11.4 Å². The van der Waals surface area contributed by atoms with Crippen LogP contribution >= 0.6 is 0 Å². The quantitative estimate of drug-likeness (QED) is 0.365. The van der Waals surface area contributed by atoms with Crippen LogP contribution in [0.5, 0.6) is 5.75 Å². The predicted octanol–water partition coefficient (Wildman–Crippen LogP) is 4.05. The summed E-state index contributed by atoms with van der Waals surface area (Å²) >= 11 is 0. The maximum Gasteiger partial charge on any atom is 0.410 e. The first kappa shape index (κ1) is 32.8. The molecule has 0 aliphatic carbocycles. The second kappa shape index (κ2) is 14.5. The van der Waals surface area contributed by atoms with Crippen LogP contribution < -0.4 is 4.74 Å². The molecule has 1 aromatic carbocycles. The Morgan fingerprint density at radius 2 is 1.83 bits per heavy atom. The Balaban J connectivity index is 2.03. The van der Waals surface area contributed by atoms with Gasteiger partial charge in [0.05, 0.1) is 24.8 Å². The molecule has 2 heterocycles. The lowest BCUT2D eigenvalue weighted by atomic mass is 9.92. The van der Waals surface area contributed by atoms with Gasteiger partial charge in [-0.3, -0.25) is 9.59 Å². The van der Waals surface area contributed by atoms with Crippen LogP contribution in [0.25, 0.3) is 5.69 Å². The van der Waals surface area contributed by atoms with Crippen molar-refractivity contribution in [3.05, 3.63) is 35.7 Å². The van der Waals surface area contributed by atoms with E-state index < -0.39 is 29.6 Å². The van der Waals surface area contributed by atoms with Crippen molar-refractivity contribution in [1.29, 1.82) is 0 Å². The molecule has 232 valence electrons. The number of carbonyl (C=O) groups excluding carboxylic acids is 2. The van der Waals surface area contributed by atoms with Crippen molar-refractivity contribution in [2.45, 2.75) is 71.9 Å². The van der Waals surface area contributed by atoms with E-state index in [-0.39, 0.29) is 37.0 Å². The molecule has 1 N–H and O–H groups in total. The van der Waals surface area contributed by atoms with Crippen molar-refractivity contribution >= 4 is 18.0 Å². The first-order chi connectivity index (χ1) is 19.9. The van der Waals surface area contributed by atoms with Gasteiger partial charge in [0.1, 0.15) is 17.0 Å². The zero-order chi connectivity index (χ0) is 31.0. The number of carboxylic acid groups (broad SMARTS) is 1. The number of carbonyl (C=O) groups is 3. The molecule has 12 nitrogen and oxygen atoms in total. The lowest BCUT2D eigenvalue weighted by Crippen LogP contribution is -2.56. The third-order valence-corrected chi connectivity index (χ3v) is 6.98. The molecule has 1 saturated heterocycles. The molecule has 1 aliphatic rings. The van der Waals surface area contributed by atoms with Gasteiger partial charge in [0, 0.05) is 33.4 Å². The van der Waals surface area contributed by atoms with Crippen LogP contribution in [0.2, 0.25) is 0 Å². The highest BCUT2D eigenvalue weighted by Gasteiger charge is 2.40. The predicted molar refractivity (Wildman–Crippen MR) is 156 cm³/mol. The van der Waals surface area contributed by atoms with Crippen LogP contribution in [0, 0.1) is 11.8 Å². The van der Waals surface area contributed by atoms with Crippen molar-refractivity contribution in [1.82, 2.24) is 24.8 Å². The standard InChI is InChI=1S/C30H45N5O7/c1-20(2)17-34(22-16-21(28(37)38)18-33(19-22)29(39)42-30(3,4)5)27(36)26-24(13-10-11-15-40-6)35(32-31-26)23-12-8-9-14-25(23)41-7/h8-9,12,14,20-22H,10-11,13,15-19H2,1-7H3,(H,37,38)/t21-,22+/m1/s1. The van der Waals surface area contributed by atoms with E-state index in [0.29, 0.717) is 36.7 Å². The summed E-state index contributed by atoms with van der Waals surface area (Å²) in [4.78, 5) is 42.6. The number of nitrogens with zero attached hydrogens (tertiary/aromatic N) is 5. The normalized spacial score (nSPS) is 17.3. The van der Waals surface area contributed by atoms with Crippen LogP contribution in [0.15, 0.2) is 24.3 Å². The number of aromatic nitrogens is 3. The maximum absolute atomic E-state index is 14.3. The van der Waals surface area contributed by atoms with E-state index in [1.54, 1.807) is 44.6 Å². The smallest absolute Gasteiger partial charge is 0.410 e. The third-order valence-electron chi connectivity index (χ3n) is 6.98. The van der Waals surface area contributed by atoms with Crippen molar-refractivity contribution in [2.24, 2.45) is 11.8 Å². The van der Waals surface area contributed by atoms with Crippen LogP contribution in [-0.4, -0.2) is 100.0 Å². The summed E-state index contributed by atoms with van der Waals surface area (Å²) in [6, 6.07) is 6.83. The summed E-state index contributed by atoms with van der Waals surface area (Å²) in [5.74, 6) is -1.57. The van der Waals surface area contributed by atoms with Crippen molar-refractivity contribution in [3.63, 3.8) is 0 Å². The van der Waals surface area contributed by atoms with Crippen LogP contribution in [0.1, 0.15) is 70.1 Å². The monoisotopic (exact) mass is 587 g/mol. The number of aliphatic carboxylic acids is 1. The number of hydrogen-bond donors (Lipinski definition) is 1. The number of amides is 2. The number of carboxylic acids is 1. The molecule has 1 aliphatic heterocycles. The molecule has 0 radical (unpaired) electrons.